The predicted molar refractivity (Wildman–Crippen MR) is 78.7 cm³/mol. The van der Waals surface area contributed by atoms with Crippen LogP contribution in [0.15, 0.2) is 34.1 Å². The number of carbonyl (C=O) groups excluding carboxylic acids is 3. The first-order valence-corrected chi connectivity index (χ1v) is 8.17. The Balaban J connectivity index is 2.00. The summed E-state index contributed by atoms with van der Waals surface area (Å²) >= 11 is 0. The molecule has 0 fully saturated rings. The van der Waals surface area contributed by atoms with Crippen LogP contribution in [0.4, 0.5) is 4.79 Å². The average Bonchev–Trinajstić information content (AvgIpc) is 2.75. The number of ether oxygens (including phenoxy) is 1. The molecule has 0 saturated heterocycles. The Labute approximate surface area is 137 Å². The maximum Gasteiger partial charge on any atom is 0.408 e. The Bertz CT molecular complexity index is 829. The smallest absolute Gasteiger partial charge is 0.408 e. The molecule has 9 nitrogen and oxygen atoms in total. The van der Waals surface area contributed by atoms with Crippen molar-refractivity contribution in [1.82, 2.24) is 5.32 Å². The lowest BCUT2D eigenvalue weighted by Crippen LogP contribution is -2.49. The molecular formula is C14H13N2O7S-. The molecule has 2 amide bonds. The molecular weight excluding hydrogens is 340 g/mol. The average molecular weight is 353 g/mol. The highest BCUT2D eigenvalue weighted by atomic mass is 32.2. The zero-order valence-corrected chi connectivity index (χ0v) is 13.0. The largest absolute Gasteiger partial charge is 0.548 e. The van der Waals surface area contributed by atoms with Crippen LogP contribution in [-0.4, -0.2) is 39.0 Å². The maximum atomic E-state index is 12.2. The van der Waals surface area contributed by atoms with E-state index in [1.54, 1.807) is 18.2 Å². The van der Waals surface area contributed by atoms with E-state index in [2.05, 4.69) is 0 Å². The molecule has 0 aliphatic carbocycles. The van der Waals surface area contributed by atoms with E-state index >= 15 is 0 Å². The third kappa shape index (κ3) is 3.71. The van der Waals surface area contributed by atoms with Gasteiger partial charge in [0.2, 0.25) is 15.7 Å². The second-order valence-corrected chi connectivity index (χ2v) is 6.89. The van der Waals surface area contributed by atoms with Crippen LogP contribution in [0.1, 0.15) is 12.0 Å². The zero-order valence-electron chi connectivity index (χ0n) is 12.2. The summed E-state index contributed by atoms with van der Waals surface area (Å²) in [4.78, 5) is 33.1. The first kappa shape index (κ1) is 17.5. The Morgan fingerprint density at radius 3 is 2.50 bits per heavy atom. The number of alkyl carbamates (subject to hydrolysis) is 1. The van der Waals surface area contributed by atoms with Gasteiger partial charge in [0.05, 0.1) is 28.2 Å². The number of amides is 2. The monoisotopic (exact) mass is 353 g/mol. The summed E-state index contributed by atoms with van der Waals surface area (Å²) in [7, 11) is -3.75. The number of carboxylic acid groups (broad SMARTS) is 1. The van der Waals surface area contributed by atoms with Crippen LogP contribution in [0.5, 0.6) is 0 Å². The minimum atomic E-state index is -3.75. The number of rotatable bonds is 6. The predicted octanol–water partition coefficient (Wildman–Crippen LogP) is -1.47. The number of aliphatic carboxylic acids is 1. The Hall–Kier alpha value is -2.88. The number of primary amides is 1. The number of carboxylic acids is 1. The van der Waals surface area contributed by atoms with Gasteiger partial charge < -0.3 is 25.7 Å². The molecule has 1 aliphatic rings. The lowest BCUT2D eigenvalue weighted by Gasteiger charge is -2.17. The van der Waals surface area contributed by atoms with Gasteiger partial charge in [-0.3, -0.25) is 4.79 Å². The van der Waals surface area contributed by atoms with Gasteiger partial charge in [0.15, 0.2) is 0 Å². The van der Waals surface area contributed by atoms with Crippen LogP contribution in [-0.2, 0) is 24.2 Å². The van der Waals surface area contributed by atoms with Crippen molar-refractivity contribution >= 4 is 33.9 Å². The molecule has 1 aliphatic heterocycles. The number of carbonyl (C=O) groups is 3. The first-order chi connectivity index (χ1) is 11.2. The third-order valence-electron chi connectivity index (χ3n) is 3.20. The molecule has 0 unspecified atom stereocenters. The second kappa shape index (κ2) is 6.71. The van der Waals surface area contributed by atoms with Crippen LogP contribution >= 0.6 is 0 Å². The summed E-state index contributed by atoms with van der Waals surface area (Å²) in [6, 6.07) is 4.58. The van der Waals surface area contributed by atoms with Gasteiger partial charge in [-0.25, -0.2) is 13.2 Å². The fourth-order valence-electron chi connectivity index (χ4n) is 2.07. The van der Waals surface area contributed by atoms with Gasteiger partial charge in [0.1, 0.15) is 6.61 Å². The molecule has 10 heteroatoms. The van der Waals surface area contributed by atoms with Crippen LogP contribution in [0, 0.1) is 0 Å². The number of fused-ring (bicyclic) bond motifs is 1. The molecule has 1 heterocycles. The van der Waals surface area contributed by atoms with E-state index in [-0.39, 0.29) is 9.80 Å². The van der Waals surface area contributed by atoms with Gasteiger partial charge in [0.25, 0.3) is 0 Å². The lowest BCUT2D eigenvalue weighted by atomic mass is 10.2. The summed E-state index contributed by atoms with van der Waals surface area (Å²) in [6.45, 7) is -0.584. The van der Waals surface area contributed by atoms with Gasteiger partial charge in [-0.05, 0) is 17.7 Å². The number of nitrogens with one attached hydrogen (secondary N) is 1. The molecule has 3 N–H and O–H groups in total. The normalized spacial score (nSPS) is 15.8. The van der Waals surface area contributed by atoms with E-state index in [0.717, 1.165) is 0 Å². The van der Waals surface area contributed by atoms with Crippen molar-refractivity contribution in [1.29, 1.82) is 0 Å². The summed E-state index contributed by atoms with van der Waals surface area (Å²) in [5, 5.41) is 12.7. The topological polar surface area (TPSA) is 156 Å². The molecule has 1 atom stereocenters. The highest BCUT2D eigenvalue weighted by Crippen LogP contribution is 2.32. The van der Waals surface area contributed by atoms with Gasteiger partial charge in [-0.15, -0.1) is 0 Å². The molecule has 0 bridgehead atoms. The van der Waals surface area contributed by atoms with Crippen molar-refractivity contribution in [2.45, 2.75) is 17.4 Å². The SMILES string of the molecule is NC(=O)C[C@H](NC(=O)OCC1=Cc2ccccc2S1(=O)=O)C(=O)[O-]. The van der Waals surface area contributed by atoms with Crippen LogP contribution in [0.2, 0.25) is 0 Å². The molecule has 128 valence electrons. The number of hydrogen-bond donors (Lipinski definition) is 2. The zero-order chi connectivity index (χ0) is 17.9. The van der Waals surface area contributed by atoms with Crippen LogP contribution in [0.25, 0.3) is 6.08 Å². The maximum absolute atomic E-state index is 12.2. The van der Waals surface area contributed by atoms with Crippen LogP contribution in [0.3, 0.4) is 0 Å². The fraction of sp³-hybridized carbons (Fsp3) is 0.214. The van der Waals surface area contributed by atoms with Crippen molar-refractivity contribution < 1.29 is 32.6 Å². The number of hydrogen-bond acceptors (Lipinski definition) is 7. The van der Waals surface area contributed by atoms with Gasteiger partial charge >= 0.3 is 6.09 Å². The molecule has 1 aromatic rings. The summed E-state index contributed by atoms with van der Waals surface area (Å²) in [5.74, 6) is -2.67. The van der Waals surface area contributed by atoms with E-state index < -0.39 is 46.9 Å². The third-order valence-corrected chi connectivity index (χ3v) is 5.07. The quantitative estimate of drug-likeness (QED) is 0.632. The molecule has 0 radical (unpaired) electrons. The standard InChI is InChI=1S/C14H14N2O7S/c15-12(17)6-10(13(18)19)16-14(20)23-7-9-5-8-3-1-2-4-11(8)24(9,21)22/h1-5,10H,6-7H2,(H2,15,17)(H,16,20)(H,18,19)/p-1/t10-/m0/s1. The van der Waals surface area contributed by atoms with Gasteiger partial charge in [-0.1, -0.05) is 18.2 Å². The second-order valence-electron chi connectivity index (χ2n) is 4.91. The lowest BCUT2D eigenvalue weighted by molar-refractivity contribution is -0.308. The molecule has 1 aromatic carbocycles. The van der Waals surface area contributed by atoms with Gasteiger partial charge in [-0.2, -0.15) is 0 Å². The molecule has 0 aromatic heterocycles. The summed E-state index contributed by atoms with van der Waals surface area (Å²) in [6.07, 6.45) is -0.529. The summed E-state index contributed by atoms with van der Waals surface area (Å²) < 4.78 is 29.2. The molecule has 24 heavy (non-hydrogen) atoms. The highest BCUT2D eigenvalue weighted by molar-refractivity contribution is 7.95. The first-order valence-electron chi connectivity index (χ1n) is 6.69. The number of benzene rings is 1. The van der Waals surface area contributed by atoms with Crippen molar-refractivity contribution in [2.75, 3.05) is 6.61 Å². The van der Waals surface area contributed by atoms with E-state index in [1.807, 2.05) is 5.32 Å². The van der Waals surface area contributed by atoms with E-state index in [9.17, 15) is 27.9 Å². The molecule has 0 saturated carbocycles. The number of nitrogens with two attached hydrogens (primary N) is 1. The van der Waals surface area contributed by atoms with Gasteiger partial charge in [0, 0.05) is 0 Å². The van der Waals surface area contributed by atoms with E-state index in [4.69, 9.17) is 10.5 Å². The highest BCUT2D eigenvalue weighted by Gasteiger charge is 2.30. The van der Waals surface area contributed by atoms with Crippen molar-refractivity contribution in [3.8, 4) is 0 Å². The molecule has 0 spiro atoms. The van der Waals surface area contributed by atoms with Crippen molar-refractivity contribution in [2.24, 2.45) is 5.73 Å². The molecule has 2 rings (SSSR count). The van der Waals surface area contributed by atoms with E-state index in [1.165, 1.54) is 12.1 Å². The van der Waals surface area contributed by atoms with Crippen molar-refractivity contribution in [3.63, 3.8) is 0 Å². The minimum Gasteiger partial charge on any atom is -0.548 e. The number of sulfone groups is 1. The Kier molecular flexibility index (Phi) is 4.88. The van der Waals surface area contributed by atoms with E-state index in [0.29, 0.717) is 5.56 Å². The fourth-order valence-corrected chi connectivity index (χ4v) is 3.54. The Morgan fingerprint density at radius 2 is 1.92 bits per heavy atom. The van der Waals surface area contributed by atoms with Crippen molar-refractivity contribution in [3.05, 3.63) is 34.7 Å². The van der Waals surface area contributed by atoms with Crippen LogP contribution < -0.4 is 16.2 Å². The summed E-state index contributed by atoms with van der Waals surface area (Å²) in [5.41, 5.74) is 5.32. The Morgan fingerprint density at radius 1 is 1.25 bits per heavy atom. The minimum absolute atomic E-state index is 0.102.